The Labute approximate surface area is 99.3 Å². The number of hydrogen-bond acceptors (Lipinski definition) is 4. The van der Waals surface area contributed by atoms with Crippen LogP contribution in [0.15, 0.2) is 42.5 Å². The molecule has 0 aliphatic carbocycles. The lowest BCUT2D eigenvalue weighted by Crippen LogP contribution is -1.98. The number of phenols is 2. The molecular weight excluding hydrogens is 216 g/mol. The van der Waals surface area contributed by atoms with Gasteiger partial charge in [-0.05, 0) is 42.5 Å². The Balaban J connectivity index is 2.21. The molecule has 0 bridgehead atoms. The molecule has 0 saturated carbocycles. The van der Waals surface area contributed by atoms with E-state index in [-0.39, 0.29) is 18.0 Å². The Morgan fingerprint density at radius 2 is 1.59 bits per heavy atom. The van der Waals surface area contributed by atoms with Gasteiger partial charge in [-0.2, -0.15) is 0 Å². The Bertz CT molecular complexity index is 509. The van der Waals surface area contributed by atoms with Gasteiger partial charge in [-0.25, -0.2) is 0 Å². The maximum atomic E-state index is 9.50. The van der Waals surface area contributed by atoms with Gasteiger partial charge in [0.25, 0.3) is 0 Å². The molecule has 88 valence electrons. The molecule has 2 aromatic rings. The number of benzene rings is 2. The lowest BCUT2D eigenvalue weighted by molar-refractivity contribution is 0.468. The molecule has 0 saturated heterocycles. The van der Waals surface area contributed by atoms with Gasteiger partial charge < -0.3 is 21.3 Å². The summed E-state index contributed by atoms with van der Waals surface area (Å²) < 4.78 is 0. The molecule has 0 atom stereocenters. The van der Waals surface area contributed by atoms with Gasteiger partial charge in [0, 0.05) is 23.5 Å². The van der Waals surface area contributed by atoms with Crippen molar-refractivity contribution >= 4 is 11.4 Å². The Morgan fingerprint density at radius 1 is 0.941 bits per heavy atom. The fourth-order valence-electron chi connectivity index (χ4n) is 1.54. The van der Waals surface area contributed by atoms with E-state index in [1.165, 1.54) is 0 Å². The number of rotatable bonds is 3. The van der Waals surface area contributed by atoms with Gasteiger partial charge in [0.2, 0.25) is 0 Å². The fraction of sp³-hybridized carbons (Fsp3) is 0.0769. The Morgan fingerprint density at radius 3 is 2.24 bits per heavy atom. The molecule has 2 aromatic carbocycles. The zero-order chi connectivity index (χ0) is 12.3. The standard InChI is InChI=1S/C13H14N2O2/c14-8-9-7-11(3-6-13(9)17)15-10-1-4-12(16)5-2-10/h1-7,15-17H,8,14H2. The fourth-order valence-corrected chi connectivity index (χ4v) is 1.54. The highest BCUT2D eigenvalue weighted by atomic mass is 16.3. The smallest absolute Gasteiger partial charge is 0.120 e. The first kappa shape index (κ1) is 11.3. The second-order valence-electron chi connectivity index (χ2n) is 3.72. The summed E-state index contributed by atoms with van der Waals surface area (Å²) in [4.78, 5) is 0. The molecule has 0 aromatic heterocycles. The third-order valence-electron chi connectivity index (χ3n) is 2.46. The second-order valence-corrected chi connectivity index (χ2v) is 3.72. The average molecular weight is 230 g/mol. The summed E-state index contributed by atoms with van der Waals surface area (Å²) >= 11 is 0. The van der Waals surface area contributed by atoms with Crippen LogP contribution in [0, 0.1) is 0 Å². The molecule has 4 nitrogen and oxygen atoms in total. The van der Waals surface area contributed by atoms with Crippen LogP contribution in [0.25, 0.3) is 0 Å². The van der Waals surface area contributed by atoms with E-state index < -0.39 is 0 Å². The maximum absolute atomic E-state index is 9.50. The molecule has 2 rings (SSSR count). The summed E-state index contributed by atoms with van der Waals surface area (Å²) in [5, 5.41) is 21.8. The predicted molar refractivity (Wildman–Crippen MR) is 67.4 cm³/mol. The van der Waals surface area contributed by atoms with E-state index in [9.17, 15) is 5.11 Å². The van der Waals surface area contributed by atoms with Gasteiger partial charge >= 0.3 is 0 Å². The highest BCUT2D eigenvalue weighted by Crippen LogP contribution is 2.24. The largest absolute Gasteiger partial charge is 0.508 e. The molecule has 0 aliphatic rings. The molecule has 0 heterocycles. The maximum Gasteiger partial charge on any atom is 0.120 e. The Hall–Kier alpha value is -2.20. The first-order valence-corrected chi connectivity index (χ1v) is 5.27. The summed E-state index contributed by atoms with van der Waals surface area (Å²) in [5.74, 6) is 0.424. The van der Waals surface area contributed by atoms with E-state index in [2.05, 4.69) is 5.32 Å². The van der Waals surface area contributed by atoms with Crippen LogP contribution >= 0.6 is 0 Å². The van der Waals surface area contributed by atoms with Crippen LogP contribution in [0.4, 0.5) is 11.4 Å². The number of nitrogens with two attached hydrogens (primary N) is 1. The van der Waals surface area contributed by atoms with Crippen LogP contribution in [-0.2, 0) is 6.54 Å². The molecule has 0 amide bonds. The summed E-state index contributed by atoms with van der Waals surface area (Å²) in [7, 11) is 0. The van der Waals surface area contributed by atoms with E-state index in [1.54, 1.807) is 42.5 Å². The summed E-state index contributed by atoms with van der Waals surface area (Å²) in [6.07, 6.45) is 0. The number of anilines is 2. The van der Waals surface area contributed by atoms with Crippen LogP contribution < -0.4 is 11.1 Å². The minimum Gasteiger partial charge on any atom is -0.508 e. The van der Waals surface area contributed by atoms with Crippen LogP contribution in [0.5, 0.6) is 11.5 Å². The van der Waals surface area contributed by atoms with E-state index >= 15 is 0 Å². The summed E-state index contributed by atoms with van der Waals surface area (Å²) in [5.41, 5.74) is 7.90. The van der Waals surface area contributed by atoms with Crippen molar-refractivity contribution in [2.24, 2.45) is 5.73 Å². The lowest BCUT2D eigenvalue weighted by atomic mass is 10.1. The van der Waals surface area contributed by atoms with Crippen LogP contribution in [-0.4, -0.2) is 10.2 Å². The van der Waals surface area contributed by atoms with Crippen molar-refractivity contribution in [1.82, 2.24) is 0 Å². The topological polar surface area (TPSA) is 78.5 Å². The minimum absolute atomic E-state index is 0.198. The highest BCUT2D eigenvalue weighted by Gasteiger charge is 2.01. The monoisotopic (exact) mass is 230 g/mol. The van der Waals surface area contributed by atoms with Crippen molar-refractivity contribution in [2.45, 2.75) is 6.54 Å². The third kappa shape index (κ3) is 2.68. The first-order chi connectivity index (χ1) is 8.19. The van der Waals surface area contributed by atoms with Gasteiger partial charge in [-0.15, -0.1) is 0 Å². The predicted octanol–water partition coefficient (Wildman–Crippen LogP) is 2.30. The normalized spacial score (nSPS) is 10.2. The zero-order valence-corrected chi connectivity index (χ0v) is 9.22. The molecule has 0 fully saturated rings. The van der Waals surface area contributed by atoms with Crippen LogP contribution in [0.3, 0.4) is 0 Å². The van der Waals surface area contributed by atoms with Crippen LogP contribution in [0.1, 0.15) is 5.56 Å². The molecule has 0 unspecified atom stereocenters. The van der Waals surface area contributed by atoms with Gasteiger partial charge in [-0.3, -0.25) is 0 Å². The molecule has 0 aliphatic heterocycles. The molecule has 17 heavy (non-hydrogen) atoms. The number of phenolic OH excluding ortho intramolecular Hbond substituents is 2. The Kier molecular flexibility index (Phi) is 3.16. The van der Waals surface area contributed by atoms with Crippen molar-refractivity contribution in [1.29, 1.82) is 0 Å². The number of hydrogen-bond donors (Lipinski definition) is 4. The van der Waals surface area contributed by atoms with E-state index in [4.69, 9.17) is 10.8 Å². The van der Waals surface area contributed by atoms with Gasteiger partial charge in [0.05, 0.1) is 0 Å². The van der Waals surface area contributed by atoms with Gasteiger partial charge in [0.1, 0.15) is 11.5 Å². The molecule has 4 heteroatoms. The summed E-state index contributed by atoms with van der Waals surface area (Å²) in [6.45, 7) is 0.289. The second kappa shape index (κ2) is 4.76. The van der Waals surface area contributed by atoms with E-state index in [0.717, 1.165) is 11.4 Å². The SMILES string of the molecule is NCc1cc(Nc2ccc(O)cc2)ccc1O. The average Bonchev–Trinajstić information content (AvgIpc) is 2.34. The van der Waals surface area contributed by atoms with Gasteiger partial charge in [0.15, 0.2) is 0 Å². The highest BCUT2D eigenvalue weighted by molar-refractivity contribution is 5.62. The zero-order valence-electron chi connectivity index (χ0n) is 9.22. The van der Waals surface area contributed by atoms with E-state index in [1.807, 2.05) is 0 Å². The van der Waals surface area contributed by atoms with Crippen molar-refractivity contribution in [3.8, 4) is 11.5 Å². The molecular formula is C13H14N2O2. The molecule has 5 N–H and O–H groups in total. The lowest BCUT2D eigenvalue weighted by Gasteiger charge is -2.09. The summed E-state index contributed by atoms with van der Waals surface area (Å²) in [6, 6.07) is 11.9. The van der Waals surface area contributed by atoms with E-state index in [0.29, 0.717) is 5.56 Å². The van der Waals surface area contributed by atoms with Crippen molar-refractivity contribution in [2.75, 3.05) is 5.32 Å². The van der Waals surface area contributed by atoms with Crippen molar-refractivity contribution in [3.05, 3.63) is 48.0 Å². The van der Waals surface area contributed by atoms with Crippen molar-refractivity contribution < 1.29 is 10.2 Å². The number of nitrogens with one attached hydrogen (secondary N) is 1. The third-order valence-corrected chi connectivity index (χ3v) is 2.46. The molecule has 0 spiro atoms. The van der Waals surface area contributed by atoms with Crippen molar-refractivity contribution in [3.63, 3.8) is 0 Å². The van der Waals surface area contributed by atoms with Crippen LogP contribution in [0.2, 0.25) is 0 Å². The number of aromatic hydroxyl groups is 2. The first-order valence-electron chi connectivity index (χ1n) is 5.27. The quantitative estimate of drug-likeness (QED) is 0.610. The van der Waals surface area contributed by atoms with Gasteiger partial charge in [-0.1, -0.05) is 0 Å². The minimum atomic E-state index is 0.198. The molecule has 0 radical (unpaired) electrons.